The maximum atomic E-state index is 9.33. The lowest BCUT2D eigenvalue weighted by atomic mass is 10.2. The van der Waals surface area contributed by atoms with Crippen molar-refractivity contribution in [2.75, 3.05) is 18.5 Å². The Morgan fingerprint density at radius 3 is 3.15 bits per heavy atom. The summed E-state index contributed by atoms with van der Waals surface area (Å²) in [5, 5.41) is 9.53. The smallest absolute Gasteiger partial charge is 0.223 e. The van der Waals surface area contributed by atoms with Gasteiger partial charge in [0.15, 0.2) is 0 Å². The molecule has 1 aromatic rings. The Balaban J connectivity index is 2.56. The molecule has 1 aromatic heterocycles. The van der Waals surface area contributed by atoms with Crippen LogP contribution >= 0.6 is 11.6 Å². The van der Waals surface area contributed by atoms with Crippen molar-refractivity contribution in [3.63, 3.8) is 0 Å². The molecule has 0 aliphatic carbocycles. The minimum atomic E-state index is 0.193. The molecular formula is C8H8ClN3O. The normalized spacial score (nSPS) is 15.2. The third-order valence-electron chi connectivity index (χ3n) is 1.88. The predicted molar refractivity (Wildman–Crippen MR) is 50.9 cm³/mol. The number of aliphatic hydroxyl groups excluding tert-OH is 1. The molecule has 0 unspecified atom stereocenters. The Hall–Kier alpha value is -1.29. The first-order valence-electron chi connectivity index (χ1n) is 3.80. The van der Waals surface area contributed by atoms with Gasteiger partial charge in [0.2, 0.25) is 5.28 Å². The molecule has 4 nitrogen and oxygen atoms in total. The van der Waals surface area contributed by atoms with E-state index in [1.807, 2.05) is 11.9 Å². The van der Waals surface area contributed by atoms with Crippen LogP contribution in [0.4, 0.5) is 5.69 Å². The zero-order valence-electron chi connectivity index (χ0n) is 7.03. The fraction of sp³-hybridized carbons (Fsp3) is 0.250. The van der Waals surface area contributed by atoms with Crippen molar-refractivity contribution in [1.82, 2.24) is 9.97 Å². The van der Waals surface area contributed by atoms with Crippen LogP contribution < -0.4 is 4.90 Å². The zero-order valence-corrected chi connectivity index (χ0v) is 7.78. The number of likely N-dealkylation sites (N-methyl/N-ethyl adjacent to an activating group) is 1. The van der Waals surface area contributed by atoms with Crippen LogP contribution in [-0.2, 0) is 0 Å². The van der Waals surface area contributed by atoms with E-state index in [2.05, 4.69) is 9.97 Å². The third kappa shape index (κ3) is 1.45. The van der Waals surface area contributed by atoms with E-state index in [1.165, 1.54) is 0 Å². The molecule has 1 aliphatic rings. The first-order valence-corrected chi connectivity index (χ1v) is 4.18. The van der Waals surface area contributed by atoms with E-state index >= 15 is 0 Å². The molecular weight excluding hydrogens is 190 g/mol. The lowest BCUT2D eigenvalue weighted by Crippen LogP contribution is -2.24. The maximum Gasteiger partial charge on any atom is 0.223 e. The number of hydrogen-bond donors (Lipinski definition) is 1. The van der Waals surface area contributed by atoms with Crippen LogP contribution in [0.1, 0.15) is 5.69 Å². The molecule has 0 atom stereocenters. The van der Waals surface area contributed by atoms with Gasteiger partial charge in [-0.25, -0.2) is 9.97 Å². The Bertz CT molecular complexity index is 378. The largest absolute Gasteiger partial charge is 0.510 e. The highest BCUT2D eigenvalue weighted by Gasteiger charge is 2.15. The number of aliphatic hydroxyl groups is 1. The molecule has 1 aliphatic heterocycles. The van der Waals surface area contributed by atoms with Crippen LogP contribution in [0.2, 0.25) is 5.28 Å². The van der Waals surface area contributed by atoms with Gasteiger partial charge >= 0.3 is 0 Å². The molecule has 2 rings (SSSR count). The number of fused-ring (bicyclic) bond motifs is 1. The molecule has 68 valence electrons. The van der Waals surface area contributed by atoms with E-state index < -0.39 is 0 Å². The summed E-state index contributed by atoms with van der Waals surface area (Å²) < 4.78 is 0. The van der Waals surface area contributed by atoms with Crippen LogP contribution in [0.3, 0.4) is 0 Å². The van der Waals surface area contributed by atoms with Gasteiger partial charge in [-0.05, 0) is 11.6 Å². The lowest BCUT2D eigenvalue weighted by Gasteiger charge is -2.23. The quantitative estimate of drug-likeness (QED) is 0.640. The van der Waals surface area contributed by atoms with Gasteiger partial charge in [0.1, 0.15) is 5.76 Å². The van der Waals surface area contributed by atoms with Crippen molar-refractivity contribution in [2.24, 2.45) is 0 Å². The van der Waals surface area contributed by atoms with Crippen LogP contribution in [0, 0.1) is 0 Å². The molecule has 1 N–H and O–H groups in total. The molecule has 5 heteroatoms. The van der Waals surface area contributed by atoms with E-state index in [0.717, 1.165) is 5.69 Å². The van der Waals surface area contributed by atoms with Crippen LogP contribution in [0.25, 0.3) is 6.08 Å². The van der Waals surface area contributed by atoms with E-state index in [9.17, 15) is 5.11 Å². The number of halogens is 1. The van der Waals surface area contributed by atoms with Gasteiger partial charge in [-0.15, -0.1) is 0 Å². The fourth-order valence-electron chi connectivity index (χ4n) is 1.30. The molecule has 0 saturated carbocycles. The topological polar surface area (TPSA) is 49.2 Å². The summed E-state index contributed by atoms with van der Waals surface area (Å²) in [5.41, 5.74) is 1.54. The Labute approximate surface area is 80.5 Å². The lowest BCUT2D eigenvalue weighted by molar-refractivity contribution is 0.404. The van der Waals surface area contributed by atoms with E-state index in [0.29, 0.717) is 12.2 Å². The van der Waals surface area contributed by atoms with Gasteiger partial charge in [0, 0.05) is 13.1 Å². The average Bonchev–Trinajstić information content (AvgIpc) is 2.02. The molecule has 2 heterocycles. The zero-order chi connectivity index (χ0) is 9.42. The fourth-order valence-corrected chi connectivity index (χ4v) is 1.44. The molecule has 0 fully saturated rings. The van der Waals surface area contributed by atoms with Gasteiger partial charge in [-0.3, -0.25) is 0 Å². The van der Waals surface area contributed by atoms with E-state index in [4.69, 9.17) is 11.6 Å². The van der Waals surface area contributed by atoms with E-state index in [-0.39, 0.29) is 11.0 Å². The third-order valence-corrected chi connectivity index (χ3v) is 2.06. The van der Waals surface area contributed by atoms with Crippen molar-refractivity contribution < 1.29 is 5.11 Å². The first-order chi connectivity index (χ1) is 6.16. The second-order valence-corrected chi connectivity index (χ2v) is 3.24. The first kappa shape index (κ1) is 8.31. The monoisotopic (exact) mass is 197 g/mol. The summed E-state index contributed by atoms with van der Waals surface area (Å²) in [6.45, 7) is 0.484. The summed E-state index contributed by atoms with van der Waals surface area (Å²) in [4.78, 5) is 9.72. The van der Waals surface area contributed by atoms with Crippen molar-refractivity contribution in [3.8, 4) is 0 Å². The number of nitrogens with zero attached hydrogens (tertiary/aromatic N) is 3. The number of anilines is 1. The highest BCUT2D eigenvalue weighted by molar-refractivity contribution is 6.28. The molecule has 13 heavy (non-hydrogen) atoms. The summed E-state index contributed by atoms with van der Waals surface area (Å²) in [6.07, 6.45) is 3.25. The SMILES string of the molecule is CN1CC(O)=Cc2nc(Cl)ncc21. The summed E-state index contributed by atoms with van der Waals surface area (Å²) in [6, 6.07) is 0. The molecule has 0 bridgehead atoms. The highest BCUT2D eigenvalue weighted by atomic mass is 35.5. The molecule has 0 aromatic carbocycles. The molecule has 0 saturated heterocycles. The van der Waals surface area contributed by atoms with Gasteiger partial charge in [-0.2, -0.15) is 0 Å². The van der Waals surface area contributed by atoms with Gasteiger partial charge in [0.05, 0.1) is 24.1 Å². The van der Waals surface area contributed by atoms with Crippen molar-refractivity contribution in [1.29, 1.82) is 0 Å². The van der Waals surface area contributed by atoms with Crippen LogP contribution in [0.5, 0.6) is 0 Å². The Kier molecular flexibility index (Phi) is 1.84. The molecule has 0 spiro atoms. The second kappa shape index (κ2) is 2.88. The molecule has 0 amide bonds. The maximum absolute atomic E-state index is 9.33. The Morgan fingerprint density at radius 2 is 2.38 bits per heavy atom. The van der Waals surface area contributed by atoms with Gasteiger partial charge in [0.25, 0.3) is 0 Å². The average molecular weight is 198 g/mol. The number of aromatic nitrogens is 2. The summed E-state index contributed by atoms with van der Waals surface area (Å²) in [5.74, 6) is 0.282. The summed E-state index contributed by atoms with van der Waals surface area (Å²) in [7, 11) is 1.86. The second-order valence-electron chi connectivity index (χ2n) is 2.90. The minimum Gasteiger partial charge on any atom is -0.510 e. The van der Waals surface area contributed by atoms with Crippen LogP contribution in [-0.4, -0.2) is 28.7 Å². The van der Waals surface area contributed by atoms with Crippen molar-refractivity contribution in [3.05, 3.63) is 22.9 Å². The summed E-state index contributed by atoms with van der Waals surface area (Å²) >= 11 is 5.62. The number of hydrogen-bond acceptors (Lipinski definition) is 4. The van der Waals surface area contributed by atoms with Gasteiger partial charge < -0.3 is 10.0 Å². The van der Waals surface area contributed by atoms with Crippen molar-refractivity contribution >= 4 is 23.4 Å². The van der Waals surface area contributed by atoms with E-state index in [1.54, 1.807) is 12.3 Å². The molecule has 0 radical (unpaired) electrons. The van der Waals surface area contributed by atoms with Crippen LogP contribution in [0.15, 0.2) is 12.0 Å². The van der Waals surface area contributed by atoms with Crippen molar-refractivity contribution in [2.45, 2.75) is 0 Å². The van der Waals surface area contributed by atoms with Gasteiger partial charge in [-0.1, -0.05) is 0 Å². The predicted octanol–water partition coefficient (Wildman–Crippen LogP) is 1.48. The number of rotatable bonds is 0. The minimum absolute atomic E-state index is 0.193. The Morgan fingerprint density at radius 1 is 1.62 bits per heavy atom. The highest BCUT2D eigenvalue weighted by Crippen LogP contribution is 2.24. The standard InChI is InChI=1S/C8H8ClN3O/c1-12-4-5(13)2-6-7(12)3-10-8(9)11-6/h2-3,13H,4H2,1H3.